The molecule has 0 radical (unpaired) electrons. The third-order valence-corrected chi connectivity index (χ3v) is 5.29. The molecule has 0 atom stereocenters. The Balaban J connectivity index is 2.08. The number of nitrogens with one attached hydrogen (secondary N) is 1. The molecule has 0 aliphatic heterocycles. The van der Waals surface area contributed by atoms with E-state index in [0.717, 1.165) is 30.9 Å². The van der Waals surface area contributed by atoms with Gasteiger partial charge in [-0.2, -0.15) is 0 Å². The molecule has 0 heterocycles. The van der Waals surface area contributed by atoms with Gasteiger partial charge in [0.15, 0.2) is 0 Å². The Hall–Kier alpha value is -0.660. The SMILES string of the molecule is O=C(NCCCC1CC1)c1cc(S(=O)(=O)Cl)c(F)cc1Br. The lowest BCUT2D eigenvalue weighted by molar-refractivity contribution is 0.0951. The summed E-state index contributed by atoms with van der Waals surface area (Å²) in [6, 6.07) is 1.87. The number of benzene rings is 1. The molecule has 1 aromatic rings. The van der Waals surface area contributed by atoms with E-state index in [9.17, 15) is 17.6 Å². The fraction of sp³-hybridized carbons (Fsp3) is 0.462. The maximum Gasteiger partial charge on any atom is 0.264 e. The maximum atomic E-state index is 13.6. The Morgan fingerprint density at radius 2 is 2.10 bits per heavy atom. The van der Waals surface area contributed by atoms with Crippen LogP contribution >= 0.6 is 26.6 Å². The summed E-state index contributed by atoms with van der Waals surface area (Å²) in [4.78, 5) is 11.3. The molecule has 0 aromatic heterocycles. The second-order valence-electron chi connectivity index (χ2n) is 5.04. The fourth-order valence-electron chi connectivity index (χ4n) is 1.98. The van der Waals surface area contributed by atoms with E-state index in [1.165, 1.54) is 12.8 Å². The molecule has 1 amide bonds. The zero-order chi connectivity index (χ0) is 15.6. The van der Waals surface area contributed by atoms with Crippen LogP contribution in [-0.2, 0) is 9.05 Å². The lowest BCUT2D eigenvalue weighted by Gasteiger charge is -2.09. The Bertz CT molecular complexity index is 662. The highest BCUT2D eigenvalue weighted by Crippen LogP contribution is 2.33. The van der Waals surface area contributed by atoms with Crippen molar-refractivity contribution in [3.05, 3.63) is 28.0 Å². The molecule has 0 bridgehead atoms. The average Bonchev–Trinajstić information content (AvgIpc) is 3.16. The molecule has 1 saturated carbocycles. The maximum absolute atomic E-state index is 13.6. The summed E-state index contributed by atoms with van der Waals surface area (Å²) in [5.74, 6) is -0.672. The van der Waals surface area contributed by atoms with Crippen LogP contribution in [0.3, 0.4) is 0 Å². The van der Waals surface area contributed by atoms with Crippen molar-refractivity contribution in [2.45, 2.75) is 30.6 Å². The van der Waals surface area contributed by atoms with Crippen LogP contribution in [0.25, 0.3) is 0 Å². The van der Waals surface area contributed by atoms with Gasteiger partial charge in [-0.1, -0.05) is 12.8 Å². The smallest absolute Gasteiger partial charge is 0.264 e. The Morgan fingerprint density at radius 3 is 2.67 bits per heavy atom. The van der Waals surface area contributed by atoms with Crippen molar-refractivity contribution < 1.29 is 17.6 Å². The van der Waals surface area contributed by atoms with E-state index >= 15 is 0 Å². The molecule has 21 heavy (non-hydrogen) atoms. The summed E-state index contributed by atoms with van der Waals surface area (Å²) in [6.07, 6.45) is 4.46. The van der Waals surface area contributed by atoms with Crippen LogP contribution in [0.2, 0.25) is 0 Å². The summed E-state index contributed by atoms with van der Waals surface area (Å²) in [6.45, 7) is 0.502. The largest absolute Gasteiger partial charge is 0.352 e. The second kappa shape index (κ2) is 6.62. The average molecular weight is 399 g/mol. The van der Waals surface area contributed by atoms with Crippen LogP contribution in [0.15, 0.2) is 21.5 Å². The Kier molecular flexibility index (Phi) is 5.27. The topological polar surface area (TPSA) is 63.2 Å². The molecular weight excluding hydrogens is 385 g/mol. The van der Waals surface area contributed by atoms with Gasteiger partial charge in [-0.05, 0) is 46.8 Å². The number of halogens is 3. The summed E-state index contributed by atoms with van der Waals surface area (Å²) in [5, 5.41) is 2.69. The highest BCUT2D eigenvalue weighted by atomic mass is 79.9. The van der Waals surface area contributed by atoms with E-state index in [0.29, 0.717) is 6.54 Å². The lowest BCUT2D eigenvalue weighted by Crippen LogP contribution is -2.25. The van der Waals surface area contributed by atoms with E-state index < -0.39 is 25.7 Å². The van der Waals surface area contributed by atoms with Crippen LogP contribution in [0, 0.1) is 11.7 Å². The molecular formula is C13H14BrClFNO3S. The second-order valence-corrected chi connectivity index (χ2v) is 8.43. The number of amides is 1. The van der Waals surface area contributed by atoms with Crippen molar-refractivity contribution in [1.82, 2.24) is 5.32 Å². The van der Waals surface area contributed by atoms with E-state index in [2.05, 4.69) is 21.2 Å². The van der Waals surface area contributed by atoms with Crippen LogP contribution in [0.4, 0.5) is 4.39 Å². The van der Waals surface area contributed by atoms with Crippen LogP contribution < -0.4 is 5.32 Å². The first-order valence-corrected chi connectivity index (χ1v) is 9.61. The minimum Gasteiger partial charge on any atom is -0.352 e. The van der Waals surface area contributed by atoms with Crippen molar-refractivity contribution in [1.29, 1.82) is 0 Å². The Morgan fingerprint density at radius 1 is 1.43 bits per heavy atom. The third kappa shape index (κ3) is 4.66. The van der Waals surface area contributed by atoms with Gasteiger partial charge in [0.1, 0.15) is 10.7 Å². The molecule has 1 aromatic carbocycles. The van der Waals surface area contributed by atoms with Gasteiger partial charge in [0.25, 0.3) is 15.0 Å². The van der Waals surface area contributed by atoms with Gasteiger partial charge in [-0.25, -0.2) is 12.8 Å². The van der Waals surface area contributed by atoms with Crippen molar-refractivity contribution in [2.24, 2.45) is 5.92 Å². The summed E-state index contributed by atoms with van der Waals surface area (Å²) >= 11 is 3.05. The summed E-state index contributed by atoms with van der Waals surface area (Å²) < 4.78 is 36.3. The van der Waals surface area contributed by atoms with Crippen molar-refractivity contribution in [3.8, 4) is 0 Å². The van der Waals surface area contributed by atoms with Crippen molar-refractivity contribution in [2.75, 3.05) is 6.54 Å². The zero-order valence-electron chi connectivity index (χ0n) is 11.0. The first-order valence-electron chi connectivity index (χ1n) is 6.51. The van der Waals surface area contributed by atoms with E-state index in [4.69, 9.17) is 10.7 Å². The Labute approximate surface area is 135 Å². The zero-order valence-corrected chi connectivity index (χ0v) is 14.2. The molecule has 116 valence electrons. The fourth-order valence-corrected chi connectivity index (χ4v) is 3.39. The molecule has 1 fully saturated rings. The highest BCUT2D eigenvalue weighted by molar-refractivity contribution is 9.10. The van der Waals surface area contributed by atoms with Crippen molar-refractivity contribution >= 4 is 41.6 Å². The minimum atomic E-state index is -4.24. The minimum absolute atomic E-state index is 0.0436. The van der Waals surface area contributed by atoms with E-state index in [-0.39, 0.29) is 10.0 Å². The standard InChI is InChI=1S/C13H14BrClFNO3S/c14-10-7-11(16)12(21(15,19)20)6-9(10)13(18)17-5-1-2-8-3-4-8/h6-8H,1-5H2,(H,17,18). The molecule has 2 rings (SSSR count). The van der Waals surface area contributed by atoms with E-state index in [1.807, 2.05) is 0 Å². The first kappa shape index (κ1) is 16.7. The highest BCUT2D eigenvalue weighted by Gasteiger charge is 2.22. The molecule has 0 saturated heterocycles. The van der Waals surface area contributed by atoms with Gasteiger partial charge in [0.05, 0.1) is 5.56 Å². The molecule has 1 N–H and O–H groups in total. The predicted octanol–water partition coefficient (Wildman–Crippen LogP) is 3.44. The first-order chi connectivity index (χ1) is 9.79. The number of rotatable bonds is 6. The predicted molar refractivity (Wildman–Crippen MR) is 81.4 cm³/mol. The number of carbonyl (C=O) groups excluding carboxylic acids is 1. The number of hydrogen-bond acceptors (Lipinski definition) is 3. The quantitative estimate of drug-likeness (QED) is 0.590. The molecule has 1 aliphatic rings. The number of carbonyl (C=O) groups is 1. The number of hydrogen-bond donors (Lipinski definition) is 1. The molecule has 0 spiro atoms. The third-order valence-electron chi connectivity index (χ3n) is 3.30. The summed E-state index contributed by atoms with van der Waals surface area (Å²) in [5.41, 5.74) is 0.0436. The van der Waals surface area contributed by atoms with Crippen molar-refractivity contribution in [3.63, 3.8) is 0 Å². The normalized spacial score (nSPS) is 15.0. The van der Waals surface area contributed by atoms with Crippen LogP contribution in [-0.4, -0.2) is 20.9 Å². The van der Waals surface area contributed by atoms with Gasteiger partial charge in [-0.15, -0.1) is 0 Å². The molecule has 1 aliphatic carbocycles. The molecule has 0 unspecified atom stereocenters. The van der Waals surface area contributed by atoms with E-state index in [1.54, 1.807) is 0 Å². The summed E-state index contributed by atoms with van der Waals surface area (Å²) in [7, 11) is 0.909. The lowest BCUT2D eigenvalue weighted by atomic mass is 10.2. The van der Waals surface area contributed by atoms with Crippen LogP contribution in [0.5, 0.6) is 0 Å². The molecule has 4 nitrogen and oxygen atoms in total. The van der Waals surface area contributed by atoms with Gasteiger partial charge in [-0.3, -0.25) is 4.79 Å². The van der Waals surface area contributed by atoms with Gasteiger partial charge >= 0.3 is 0 Å². The monoisotopic (exact) mass is 397 g/mol. The van der Waals surface area contributed by atoms with Gasteiger partial charge in [0, 0.05) is 21.7 Å². The van der Waals surface area contributed by atoms with Gasteiger partial charge < -0.3 is 5.32 Å². The molecule has 8 heteroatoms. The van der Waals surface area contributed by atoms with Gasteiger partial charge in [0.2, 0.25) is 0 Å². The van der Waals surface area contributed by atoms with Crippen LogP contribution in [0.1, 0.15) is 36.0 Å².